The number of rotatable bonds is 2. The second-order valence-electron chi connectivity index (χ2n) is 4.70. The van der Waals surface area contributed by atoms with E-state index in [1.165, 1.54) is 11.1 Å². The molecule has 0 saturated carbocycles. The lowest BCUT2D eigenvalue weighted by Crippen LogP contribution is -2.08. The fourth-order valence-corrected chi connectivity index (χ4v) is 3.75. The van der Waals surface area contributed by atoms with E-state index in [2.05, 4.69) is 40.0 Å². The topological polar surface area (TPSA) is 12.0 Å². The molecule has 1 atom stereocenters. The summed E-state index contributed by atoms with van der Waals surface area (Å²) < 4.78 is 1.15. The quantitative estimate of drug-likeness (QED) is 0.634. The van der Waals surface area contributed by atoms with Crippen LogP contribution in [0, 0.1) is 3.57 Å². The highest BCUT2D eigenvalue weighted by Gasteiger charge is 2.22. The lowest BCUT2D eigenvalue weighted by molar-refractivity contribution is 0.761. The molecule has 0 heterocycles. The fraction of sp³-hybridized carbons (Fsp3) is 0.200. The molecule has 0 bridgehead atoms. The van der Waals surface area contributed by atoms with Gasteiger partial charge in [-0.1, -0.05) is 29.3 Å². The van der Waals surface area contributed by atoms with E-state index in [0.717, 1.165) is 32.1 Å². The van der Waals surface area contributed by atoms with Gasteiger partial charge in [-0.2, -0.15) is 0 Å². The first kappa shape index (κ1) is 13.5. The summed E-state index contributed by atoms with van der Waals surface area (Å²) in [4.78, 5) is 0. The van der Waals surface area contributed by atoms with E-state index < -0.39 is 0 Å². The van der Waals surface area contributed by atoms with Crippen LogP contribution in [0.15, 0.2) is 36.4 Å². The van der Waals surface area contributed by atoms with E-state index in [0.29, 0.717) is 6.04 Å². The monoisotopic (exact) mass is 403 g/mol. The van der Waals surface area contributed by atoms with Crippen molar-refractivity contribution >= 4 is 51.5 Å². The number of aryl methyl sites for hydroxylation is 1. The van der Waals surface area contributed by atoms with Gasteiger partial charge in [0.05, 0.1) is 6.04 Å². The van der Waals surface area contributed by atoms with Gasteiger partial charge >= 0.3 is 0 Å². The minimum Gasteiger partial charge on any atom is -0.377 e. The van der Waals surface area contributed by atoms with Crippen molar-refractivity contribution in [3.05, 3.63) is 61.1 Å². The van der Waals surface area contributed by atoms with Crippen LogP contribution in [-0.2, 0) is 6.42 Å². The van der Waals surface area contributed by atoms with Crippen LogP contribution in [0.5, 0.6) is 0 Å². The largest absolute Gasteiger partial charge is 0.377 e. The van der Waals surface area contributed by atoms with Crippen molar-refractivity contribution in [1.82, 2.24) is 0 Å². The molecule has 0 radical (unpaired) electrons. The normalized spacial score (nSPS) is 17.3. The summed E-state index contributed by atoms with van der Waals surface area (Å²) in [7, 11) is 0. The molecule has 0 fully saturated rings. The molecule has 1 unspecified atom stereocenters. The summed E-state index contributed by atoms with van der Waals surface area (Å²) in [6.45, 7) is 0. The van der Waals surface area contributed by atoms with Crippen LogP contribution < -0.4 is 5.32 Å². The van der Waals surface area contributed by atoms with Crippen molar-refractivity contribution in [2.75, 3.05) is 5.32 Å². The van der Waals surface area contributed by atoms with E-state index in [9.17, 15) is 0 Å². The highest BCUT2D eigenvalue weighted by molar-refractivity contribution is 14.1. The second kappa shape index (κ2) is 5.51. The summed E-state index contributed by atoms with van der Waals surface area (Å²) in [6, 6.07) is 12.5. The van der Waals surface area contributed by atoms with Gasteiger partial charge < -0.3 is 5.32 Å². The van der Waals surface area contributed by atoms with Gasteiger partial charge in [-0.25, -0.2) is 0 Å². The Morgan fingerprint density at radius 2 is 1.79 bits per heavy atom. The molecule has 1 aliphatic carbocycles. The maximum Gasteiger partial charge on any atom is 0.0520 e. The molecule has 2 aromatic carbocycles. The van der Waals surface area contributed by atoms with E-state index in [1.807, 2.05) is 24.3 Å². The molecule has 0 aromatic heterocycles. The van der Waals surface area contributed by atoms with Crippen LogP contribution in [0.25, 0.3) is 0 Å². The molecule has 2 aromatic rings. The zero-order valence-electron chi connectivity index (χ0n) is 10.1. The minimum atomic E-state index is 0.363. The molecule has 0 saturated heterocycles. The zero-order chi connectivity index (χ0) is 13.4. The third kappa shape index (κ3) is 2.86. The molecule has 98 valence electrons. The summed E-state index contributed by atoms with van der Waals surface area (Å²) in [5.41, 5.74) is 3.85. The predicted molar refractivity (Wildman–Crippen MR) is 90.3 cm³/mol. The molecule has 4 heteroatoms. The van der Waals surface area contributed by atoms with E-state index in [4.69, 9.17) is 23.2 Å². The van der Waals surface area contributed by atoms with Crippen LogP contribution in [0.4, 0.5) is 5.69 Å². The van der Waals surface area contributed by atoms with Crippen molar-refractivity contribution in [1.29, 1.82) is 0 Å². The van der Waals surface area contributed by atoms with Crippen LogP contribution in [0.1, 0.15) is 23.6 Å². The van der Waals surface area contributed by atoms with Gasteiger partial charge in [0.25, 0.3) is 0 Å². The second-order valence-corrected chi connectivity index (χ2v) is 6.74. The molecule has 19 heavy (non-hydrogen) atoms. The number of anilines is 1. The Morgan fingerprint density at radius 3 is 2.58 bits per heavy atom. The van der Waals surface area contributed by atoms with Crippen LogP contribution in [-0.4, -0.2) is 0 Å². The van der Waals surface area contributed by atoms with Crippen molar-refractivity contribution in [2.24, 2.45) is 0 Å². The van der Waals surface area contributed by atoms with Gasteiger partial charge in [0.15, 0.2) is 0 Å². The van der Waals surface area contributed by atoms with Gasteiger partial charge in [-0.15, -0.1) is 0 Å². The number of benzene rings is 2. The summed E-state index contributed by atoms with van der Waals surface area (Å²) >= 11 is 14.3. The average molecular weight is 404 g/mol. The Kier molecular flexibility index (Phi) is 3.92. The first-order chi connectivity index (χ1) is 9.13. The lowest BCUT2D eigenvalue weighted by atomic mass is 10.1. The predicted octanol–water partition coefficient (Wildman–Crippen LogP) is 5.70. The van der Waals surface area contributed by atoms with Crippen molar-refractivity contribution < 1.29 is 0 Å². The van der Waals surface area contributed by atoms with Gasteiger partial charge in [0, 0.05) is 19.3 Å². The number of hydrogen-bond acceptors (Lipinski definition) is 1. The molecular weight excluding hydrogens is 392 g/mol. The zero-order valence-corrected chi connectivity index (χ0v) is 13.8. The Bertz CT molecular complexity index is 628. The Hall–Kier alpha value is -0.450. The van der Waals surface area contributed by atoms with Crippen molar-refractivity contribution in [2.45, 2.75) is 18.9 Å². The first-order valence-electron chi connectivity index (χ1n) is 6.13. The fourth-order valence-electron chi connectivity index (χ4n) is 2.53. The van der Waals surface area contributed by atoms with Crippen LogP contribution in [0.3, 0.4) is 0 Å². The van der Waals surface area contributed by atoms with Crippen LogP contribution >= 0.6 is 45.8 Å². The average Bonchev–Trinajstić information content (AvgIpc) is 2.75. The van der Waals surface area contributed by atoms with E-state index >= 15 is 0 Å². The van der Waals surface area contributed by atoms with E-state index in [-0.39, 0.29) is 0 Å². The Labute approximate surface area is 136 Å². The van der Waals surface area contributed by atoms with Gasteiger partial charge in [-0.05, 0) is 76.9 Å². The molecule has 1 N–H and O–H groups in total. The summed E-state index contributed by atoms with van der Waals surface area (Å²) in [6.07, 6.45) is 2.19. The Balaban J connectivity index is 1.86. The molecule has 1 aliphatic rings. The number of hydrogen-bond donors (Lipinski definition) is 1. The number of nitrogens with one attached hydrogen (secondary N) is 1. The van der Waals surface area contributed by atoms with Gasteiger partial charge in [0.2, 0.25) is 0 Å². The van der Waals surface area contributed by atoms with E-state index in [1.54, 1.807) is 0 Å². The maximum atomic E-state index is 6.04. The number of fused-ring (bicyclic) bond motifs is 1. The minimum absolute atomic E-state index is 0.363. The molecule has 0 aliphatic heterocycles. The third-order valence-corrected chi connectivity index (χ3v) is 4.81. The Morgan fingerprint density at radius 1 is 1.05 bits per heavy atom. The lowest BCUT2D eigenvalue weighted by Gasteiger charge is -2.17. The molecular formula is C15H12Cl2IN. The molecule has 3 rings (SSSR count). The first-order valence-corrected chi connectivity index (χ1v) is 7.97. The highest BCUT2D eigenvalue weighted by atomic mass is 127. The number of halogens is 3. The maximum absolute atomic E-state index is 6.04. The summed E-state index contributed by atoms with van der Waals surface area (Å²) in [5, 5.41) is 5.19. The van der Waals surface area contributed by atoms with Crippen molar-refractivity contribution in [3.63, 3.8) is 0 Å². The van der Waals surface area contributed by atoms with Gasteiger partial charge in [-0.3, -0.25) is 0 Å². The molecule has 1 nitrogen and oxygen atoms in total. The summed E-state index contributed by atoms with van der Waals surface area (Å²) in [5.74, 6) is 0. The highest BCUT2D eigenvalue weighted by Crippen LogP contribution is 2.36. The smallest absolute Gasteiger partial charge is 0.0520 e. The SMILES string of the molecule is Clc1ccc(NC2CCc3cc(Cl)ccc32)c(I)c1. The third-order valence-electron chi connectivity index (χ3n) is 3.44. The van der Waals surface area contributed by atoms with Crippen molar-refractivity contribution in [3.8, 4) is 0 Å². The molecule has 0 spiro atoms. The standard InChI is InChI=1S/C15H12Cl2IN/c16-10-2-4-12-9(7-10)1-5-14(12)19-15-6-3-11(17)8-13(15)18/h2-4,6-8,14,19H,1,5H2. The van der Waals surface area contributed by atoms with Gasteiger partial charge in [0.1, 0.15) is 0 Å². The molecule has 0 amide bonds. The van der Waals surface area contributed by atoms with Crippen LogP contribution in [0.2, 0.25) is 10.0 Å².